The van der Waals surface area contributed by atoms with Gasteiger partial charge in [-0.2, -0.15) is 0 Å². The maximum atomic E-state index is 4.17. The molecule has 4 heteroatoms. The maximum absolute atomic E-state index is 4.17. The predicted molar refractivity (Wildman–Crippen MR) is 44.6 cm³/mol. The van der Waals surface area contributed by atoms with Crippen LogP contribution < -0.4 is 0 Å². The first kappa shape index (κ1) is 7.09. The van der Waals surface area contributed by atoms with E-state index in [1.165, 1.54) is 0 Å². The van der Waals surface area contributed by atoms with Crippen molar-refractivity contribution in [3.63, 3.8) is 0 Å². The summed E-state index contributed by atoms with van der Waals surface area (Å²) in [5, 5.41) is 0. The number of hydrogen-bond donors (Lipinski definition) is 1. The van der Waals surface area contributed by atoms with E-state index in [1.807, 2.05) is 17.0 Å². The normalized spacial score (nSPS) is 13.1. The Morgan fingerprint density at radius 3 is 3.00 bits per heavy atom. The van der Waals surface area contributed by atoms with Gasteiger partial charge in [0.2, 0.25) is 0 Å². The average Bonchev–Trinajstić information content (AvgIpc) is 2.77. The number of nitrogens with zero attached hydrogens (tertiary/aromatic N) is 3. The van der Waals surface area contributed by atoms with E-state index in [1.54, 1.807) is 18.7 Å². The molecule has 0 aliphatic carbocycles. The highest BCUT2D eigenvalue weighted by Gasteiger charge is 2.07. The van der Waals surface area contributed by atoms with Gasteiger partial charge in [0.15, 0.2) is 0 Å². The lowest BCUT2D eigenvalue weighted by molar-refractivity contribution is 0.606. The topological polar surface area (TPSA) is 46.5 Å². The molecule has 0 radical (unpaired) electrons. The Hall–Kier alpha value is -1.58. The van der Waals surface area contributed by atoms with Crippen molar-refractivity contribution < 1.29 is 0 Å². The highest BCUT2D eigenvalue weighted by Crippen LogP contribution is 2.11. The third-order valence-electron chi connectivity index (χ3n) is 1.89. The third kappa shape index (κ3) is 1.11. The fourth-order valence-electron chi connectivity index (χ4n) is 1.15. The van der Waals surface area contributed by atoms with Crippen LogP contribution in [-0.2, 0) is 0 Å². The molecule has 1 unspecified atom stereocenters. The van der Waals surface area contributed by atoms with E-state index >= 15 is 0 Å². The molecule has 0 saturated heterocycles. The van der Waals surface area contributed by atoms with Crippen LogP contribution in [0.1, 0.15) is 18.8 Å². The van der Waals surface area contributed by atoms with Gasteiger partial charge in [0.05, 0.1) is 12.4 Å². The number of H-pyrrole nitrogens is 1. The fraction of sp³-hybridized carbons (Fsp3) is 0.250. The average molecular weight is 162 g/mol. The number of aromatic amines is 1. The molecule has 12 heavy (non-hydrogen) atoms. The summed E-state index contributed by atoms with van der Waals surface area (Å²) in [7, 11) is 0. The van der Waals surface area contributed by atoms with Gasteiger partial charge in [-0.15, -0.1) is 0 Å². The lowest BCUT2D eigenvalue weighted by Crippen LogP contribution is -2.05. The standard InChI is InChI=1S/C8H10N4/c1-7(8-10-2-3-11-8)12-5-4-9-6-12/h2-7H,1H3,(H,10,11). The van der Waals surface area contributed by atoms with Gasteiger partial charge < -0.3 is 9.55 Å². The van der Waals surface area contributed by atoms with Crippen molar-refractivity contribution in [2.24, 2.45) is 0 Å². The molecule has 0 amide bonds. The van der Waals surface area contributed by atoms with E-state index in [4.69, 9.17) is 0 Å². The summed E-state index contributed by atoms with van der Waals surface area (Å²) in [6, 6.07) is 0.225. The molecule has 0 aromatic carbocycles. The second-order valence-electron chi connectivity index (χ2n) is 2.66. The minimum atomic E-state index is 0.225. The molecule has 0 fully saturated rings. The van der Waals surface area contributed by atoms with Crippen LogP contribution in [0.4, 0.5) is 0 Å². The lowest BCUT2D eigenvalue weighted by Gasteiger charge is -2.08. The van der Waals surface area contributed by atoms with E-state index < -0.39 is 0 Å². The predicted octanol–water partition coefficient (Wildman–Crippen LogP) is 1.22. The van der Waals surface area contributed by atoms with Gasteiger partial charge in [-0.1, -0.05) is 0 Å². The molecule has 0 aliphatic heterocycles. The molecule has 2 aromatic rings. The molecule has 0 spiro atoms. The Balaban J connectivity index is 2.27. The first-order valence-corrected chi connectivity index (χ1v) is 3.84. The Morgan fingerprint density at radius 1 is 1.50 bits per heavy atom. The van der Waals surface area contributed by atoms with Gasteiger partial charge in [0, 0.05) is 24.8 Å². The van der Waals surface area contributed by atoms with Crippen LogP contribution in [0.15, 0.2) is 31.1 Å². The molecule has 0 bridgehead atoms. The molecule has 2 aromatic heterocycles. The first-order valence-electron chi connectivity index (χ1n) is 3.84. The van der Waals surface area contributed by atoms with Crippen LogP contribution in [0.25, 0.3) is 0 Å². The molecular weight excluding hydrogens is 152 g/mol. The molecule has 0 aliphatic rings. The van der Waals surface area contributed by atoms with E-state index in [-0.39, 0.29) is 6.04 Å². The molecule has 62 valence electrons. The van der Waals surface area contributed by atoms with Crippen LogP contribution in [0.3, 0.4) is 0 Å². The van der Waals surface area contributed by atoms with Crippen molar-refractivity contribution in [3.05, 3.63) is 36.9 Å². The number of aromatic nitrogens is 4. The van der Waals surface area contributed by atoms with Crippen LogP contribution in [-0.4, -0.2) is 19.5 Å². The molecule has 0 saturated carbocycles. The number of rotatable bonds is 2. The molecule has 1 N–H and O–H groups in total. The number of hydrogen-bond acceptors (Lipinski definition) is 2. The summed E-state index contributed by atoms with van der Waals surface area (Å²) in [5.41, 5.74) is 0. The van der Waals surface area contributed by atoms with Crippen LogP contribution >= 0.6 is 0 Å². The Bertz CT molecular complexity index is 288. The zero-order valence-electron chi connectivity index (χ0n) is 6.81. The summed E-state index contributed by atoms with van der Waals surface area (Å²) in [6.45, 7) is 2.07. The molecule has 4 nitrogen and oxygen atoms in total. The lowest BCUT2D eigenvalue weighted by atomic mass is 10.3. The van der Waals surface area contributed by atoms with Crippen molar-refractivity contribution >= 4 is 0 Å². The highest BCUT2D eigenvalue weighted by atomic mass is 15.1. The van der Waals surface area contributed by atoms with Crippen molar-refractivity contribution in [3.8, 4) is 0 Å². The van der Waals surface area contributed by atoms with Crippen molar-refractivity contribution in [2.75, 3.05) is 0 Å². The Kier molecular flexibility index (Phi) is 1.66. The second-order valence-corrected chi connectivity index (χ2v) is 2.66. The van der Waals surface area contributed by atoms with E-state index in [0.29, 0.717) is 0 Å². The van der Waals surface area contributed by atoms with Crippen LogP contribution in [0.5, 0.6) is 0 Å². The van der Waals surface area contributed by atoms with Crippen molar-refractivity contribution in [2.45, 2.75) is 13.0 Å². The molecule has 2 heterocycles. The van der Waals surface area contributed by atoms with E-state index in [0.717, 1.165) is 5.82 Å². The molecule has 1 atom stereocenters. The second kappa shape index (κ2) is 2.81. The fourth-order valence-corrected chi connectivity index (χ4v) is 1.15. The maximum Gasteiger partial charge on any atom is 0.128 e. The largest absolute Gasteiger partial charge is 0.347 e. The van der Waals surface area contributed by atoms with Crippen molar-refractivity contribution in [1.82, 2.24) is 19.5 Å². The molecule has 2 rings (SSSR count). The summed E-state index contributed by atoms with van der Waals surface area (Å²) in [6.07, 6.45) is 9.05. The smallest absolute Gasteiger partial charge is 0.128 e. The number of nitrogens with one attached hydrogen (secondary N) is 1. The zero-order valence-corrected chi connectivity index (χ0v) is 6.81. The Labute approximate surface area is 70.3 Å². The highest BCUT2D eigenvalue weighted by molar-refractivity contribution is 4.97. The molecular formula is C8H10N4. The van der Waals surface area contributed by atoms with Gasteiger partial charge in [0.25, 0.3) is 0 Å². The quantitative estimate of drug-likeness (QED) is 0.721. The minimum absolute atomic E-state index is 0.225. The van der Waals surface area contributed by atoms with Crippen molar-refractivity contribution in [1.29, 1.82) is 0 Å². The number of imidazole rings is 2. The van der Waals surface area contributed by atoms with Gasteiger partial charge in [0.1, 0.15) is 5.82 Å². The summed E-state index contributed by atoms with van der Waals surface area (Å²) in [5.74, 6) is 0.952. The Morgan fingerprint density at radius 2 is 2.42 bits per heavy atom. The third-order valence-corrected chi connectivity index (χ3v) is 1.89. The van der Waals surface area contributed by atoms with Gasteiger partial charge in [-0.3, -0.25) is 0 Å². The summed E-state index contributed by atoms with van der Waals surface area (Å²) in [4.78, 5) is 11.2. The van der Waals surface area contributed by atoms with Gasteiger partial charge >= 0.3 is 0 Å². The minimum Gasteiger partial charge on any atom is -0.347 e. The SMILES string of the molecule is CC(c1ncc[nH]1)n1ccnc1. The zero-order chi connectivity index (χ0) is 8.39. The van der Waals surface area contributed by atoms with Crippen LogP contribution in [0.2, 0.25) is 0 Å². The van der Waals surface area contributed by atoms with E-state index in [2.05, 4.69) is 21.9 Å². The van der Waals surface area contributed by atoms with Gasteiger partial charge in [-0.25, -0.2) is 9.97 Å². The van der Waals surface area contributed by atoms with Crippen LogP contribution in [0, 0.1) is 0 Å². The summed E-state index contributed by atoms with van der Waals surface area (Å²) < 4.78 is 2.00. The first-order chi connectivity index (χ1) is 5.88. The van der Waals surface area contributed by atoms with E-state index in [9.17, 15) is 0 Å². The summed E-state index contributed by atoms with van der Waals surface area (Å²) >= 11 is 0. The monoisotopic (exact) mass is 162 g/mol. The van der Waals surface area contributed by atoms with Gasteiger partial charge in [-0.05, 0) is 6.92 Å².